The third-order valence-electron chi connectivity index (χ3n) is 2.04. The Morgan fingerprint density at radius 1 is 1.36 bits per heavy atom. The number of rotatable bonds is 1. The highest BCUT2D eigenvalue weighted by Crippen LogP contribution is 2.09. The maximum absolute atomic E-state index is 9.43. The number of hydrogen-bond acceptors (Lipinski definition) is 2. The van der Waals surface area contributed by atoms with Crippen LogP contribution in [-0.2, 0) is 0 Å². The van der Waals surface area contributed by atoms with E-state index in [4.69, 9.17) is 0 Å². The molecule has 0 spiro atoms. The van der Waals surface area contributed by atoms with Crippen LogP contribution in [0.2, 0.25) is 0 Å². The Kier molecular flexibility index (Phi) is 2.98. The summed E-state index contributed by atoms with van der Waals surface area (Å²) in [6.07, 6.45) is 0.813. The molecular weight excluding hydrogens is 204 g/mol. The largest absolute Gasteiger partial charge is 1.00 e. The number of para-hydroxylation sites is 2. The molecule has 0 aliphatic carbocycles. The van der Waals surface area contributed by atoms with Gasteiger partial charge in [-0.3, -0.25) is 0 Å². The van der Waals surface area contributed by atoms with Crippen molar-refractivity contribution in [2.45, 2.75) is 13.2 Å². The second-order valence-electron chi connectivity index (χ2n) is 2.99. The second-order valence-corrected chi connectivity index (χ2v) is 2.99. The molecule has 0 saturated heterocycles. The summed E-state index contributed by atoms with van der Waals surface area (Å²) in [6.45, 7) is 1.65. The Labute approximate surface area is 87.4 Å². The van der Waals surface area contributed by atoms with Crippen molar-refractivity contribution in [3.8, 4) is 0 Å². The molecule has 2 N–H and O–H groups in total. The molecule has 1 atom stereocenters. The van der Waals surface area contributed by atoms with E-state index in [0.29, 0.717) is 5.52 Å². The van der Waals surface area contributed by atoms with Crippen molar-refractivity contribution in [1.82, 2.24) is 4.73 Å². The molecule has 1 aromatic heterocycles. The van der Waals surface area contributed by atoms with Gasteiger partial charge in [0.25, 0.3) is 6.33 Å². The van der Waals surface area contributed by atoms with Gasteiger partial charge >= 0.3 is 0 Å². The van der Waals surface area contributed by atoms with E-state index in [1.54, 1.807) is 17.6 Å². The molecule has 0 radical (unpaired) electrons. The van der Waals surface area contributed by atoms with Gasteiger partial charge in [-0.1, -0.05) is 12.1 Å². The van der Waals surface area contributed by atoms with Crippen LogP contribution >= 0.6 is 0 Å². The molecule has 0 bridgehead atoms. The molecule has 1 heterocycles. The maximum Gasteiger partial charge on any atom is 0.287 e. The summed E-state index contributed by atoms with van der Waals surface area (Å²) in [6, 6.07) is 7.33. The highest BCUT2D eigenvalue weighted by molar-refractivity contribution is 5.71. The monoisotopic (exact) mass is 214 g/mol. The van der Waals surface area contributed by atoms with Gasteiger partial charge in [0.1, 0.15) is 0 Å². The fourth-order valence-corrected chi connectivity index (χ4v) is 1.42. The highest BCUT2D eigenvalue weighted by atomic mass is 35.5. The number of hydrogen-bond donors (Lipinski definition) is 2. The molecular formula is C9H11ClN2O2. The summed E-state index contributed by atoms with van der Waals surface area (Å²) < 4.78 is 2.59. The molecule has 4 nitrogen and oxygen atoms in total. The molecule has 5 heteroatoms. The van der Waals surface area contributed by atoms with Gasteiger partial charge in [-0.25, -0.2) is 0 Å². The average molecular weight is 215 g/mol. The fraction of sp³-hybridized carbons (Fsp3) is 0.222. The van der Waals surface area contributed by atoms with Crippen LogP contribution in [0, 0.1) is 0 Å². The van der Waals surface area contributed by atoms with Crippen LogP contribution in [-0.4, -0.2) is 15.0 Å². The fourth-order valence-electron chi connectivity index (χ4n) is 1.42. The normalized spacial score (nSPS) is 12.4. The lowest BCUT2D eigenvalue weighted by Gasteiger charge is -1.97. The Morgan fingerprint density at radius 3 is 2.64 bits per heavy atom. The molecule has 0 aliphatic heterocycles. The molecule has 0 saturated carbocycles. The smallest absolute Gasteiger partial charge is 0.287 e. The summed E-state index contributed by atoms with van der Waals surface area (Å²) in [5.74, 6) is 0. The van der Waals surface area contributed by atoms with E-state index in [1.165, 1.54) is 6.33 Å². The van der Waals surface area contributed by atoms with Gasteiger partial charge in [0.15, 0.2) is 11.7 Å². The summed E-state index contributed by atoms with van der Waals surface area (Å²) in [4.78, 5) is 0. The van der Waals surface area contributed by atoms with E-state index in [1.807, 2.05) is 18.2 Å². The predicted molar refractivity (Wildman–Crippen MR) is 46.2 cm³/mol. The lowest BCUT2D eigenvalue weighted by Crippen LogP contribution is -3.00. The number of fused-ring (bicyclic) bond motifs is 1. The Hall–Kier alpha value is -1.26. The van der Waals surface area contributed by atoms with Crippen molar-refractivity contribution >= 4 is 11.0 Å². The number of halogens is 1. The van der Waals surface area contributed by atoms with Gasteiger partial charge in [0, 0.05) is 6.92 Å². The molecule has 1 aromatic carbocycles. The van der Waals surface area contributed by atoms with Crippen LogP contribution in [0.5, 0.6) is 0 Å². The van der Waals surface area contributed by atoms with Crippen LogP contribution in [0.15, 0.2) is 30.6 Å². The van der Waals surface area contributed by atoms with Crippen LogP contribution in [0.1, 0.15) is 13.2 Å². The lowest BCUT2D eigenvalue weighted by molar-refractivity contribution is -0.734. The lowest BCUT2D eigenvalue weighted by atomic mass is 10.3. The zero-order valence-electron chi connectivity index (χ0n) is 7.63. The van der Waals surface area contributed by atoms with Crippen molar-refractivity contribution in [3.05, 3.63) is 30.6 Å². The third kappa shape index (κ3) is 1.54. The Morgan fingerprint density at radius 2 is 2.00 bits per heavy atom. The van der Waals surface area contributed by atoms with Crippen molar-refractivity contribution < 1.29 is 27.3 Å². The summed E-state index contributed by atoms with van der Waals surface area (Å²) in [5, 5.41) is 18.8. The summed E-state index contributed by atoms with van der Waals surface area (Å²) in [7, 11) is 0. The van der Waals surface area contributed by atoms with Crippen molar-refractivity contribution in [1.29, 1.82) is 0 Å². The summed E-state index contributed by atoms with van der Waals surface area (Å²) in [5.41, 5.74) is 1.49. The van der Waals surface area contributed by atoms with Gasteiger partial charge in [-0.2, -0.15) is 4.57 Å². The molecule has 0 fully saturated rings. The molecule has 2 rings (SSSR count). The van der Waals surface area contributed by atoms with Gasteiger partial charge in [-0.15, -0.1) is 0 Å². The minimum Gasteiger partial charge on any atom is -1.00 e. The topological polar surface area (TPSA) is 49.3 Å². The average Bonchev–Trinajstić information content (AvgIpc) is 2.45. The van der Waals surface area contributed by atoms with Crippen LogP contribution in [0.3, 0.4) is 0 Å². The van der Waals surface area contributed by atoms with Crippen LogP contribution < -0.4 is 17.0 Å². The highest BCUT2D eigenvalue weighted by Gasteiger charge is 2.17. The predicted octanol–water partition coefficient (Wildman–Crippen LogP) is -2.32. The number of aromatic nitrogens is 2. The third-order valence-corrected chi connectivity index (χ3v) is 2.04. The Balaban J connectivity index is 0.000000980. The number of nitrogens with zero attached hydrogens (tertiary/aromatic N) is 2. The van der Waals surface area contributed by atoms with Crippen molar-refractivity contribution in [2.75, 3.05) is 0 Å². The molecule has 0 amide bonds. The second kappa shape index (κ2) is 3.86. The van der Waals surface area contributed by atoms with Gasteiger partial charge in [-0.05, 0) is 16.9 Å². The molecule has 2 aromatic rings. The quantitative estimate of drug-likeness (QED) is 0.414. The zero-order chi connectivity index (χ0) is 9.42. The standard InChI is InChI=1S/C9H11N2O2.ClH/c1-7(12)10-6-11(13)9-5-3-2-4-8(9)10;/h2-7,12-13H,1H3;1H/q+1;/p-1. The van der Waals surface area contributed by atoms with E-state index in [9.17, 15) is 10.3 Å². The zero-order valence-corrected chi connectivity index (χ0v) is 8.39. The van der Waals surface area contributed by atoms with Gasteiger partial charge in [0.05, 0.1) is 0 Å². The number of imidazole rings is 1. The first-order valence-corrected chi connectivity index (χ1v) is 4.08. The van der Waals surface area contributed by atoms with E-state index < -0.39 is 6.23 Å². The summed E-state index contributed by atoms with van der Waals surface area (Å²) >= 11 is 0. The number of aliphatic hydroxyl groups excluding tert-OH is 1. The van der Waals surface area contributed by atoms with Gasteiger partial charge < -0.3 is 22.7 Å². The molecule has 76 valence electrons. The first-order chi connectivity index (χ1) is 6.20. The van der Waals surface area contributed by atoms with Crippen LogP contribution in [0.25, 0.3) is 11.0 Å². The van der Waals surface area contributed by atoms with E-state index in [0.717, 1.165) is 10.2 Å². The maximum atomic E-state index is 9.43. The van der Waals surface area contributed by atoms with Crippen molar-refractivity contribution in [3.63, 3.8) is 0 Å². The Bertz CT molecular complexity index is 439. The van der Waals surface area contributed by atoms with Crippen molar-refractivity contribution in [2.24, 2.45) is 0 Å². The first kappa shape index (κ1) is 10.8. The minimum absolute atomic E-state index is 0. The first-order valence-electron chi connectivity index (χ1n) is 4.08. The minimum atomic E-state index is -0.640. The molecule has 14 heavy (non-hydrogen) atoms. The van der Waals surface area contributed by atoms with E-state index in [2.05, 4.69) is 0 Å². The molecule has 1 unspecified atom stereocenters. The van der Waals surface area contributed by atoms with E-state index >= 15 is 0 Å². The SMILES string of the molecule is CC(O)[n+]1cn(O)c2ccccc21.[Cl-]. The van der Waals surface area contributed by atoms with Gasteiger partial charge in [0.2, 0.25) is 5.52 Å². The van der Waals surface area contributed by atoms with Crippen LogP contribution in [0.4, 0.5) is 0 Å². The number of aliphatic hydroxyl groups is 1. The van der Waals surface area contributed by atoms with E-state index in [-0.39, 0.29) is 12.4 Å². The molecule has 0 aliphatic rings. The number of benzene rings is 1.